The lowest BCUT2D eigenvalue weighted by molar-refractivity contribution is -0.274. The van der Waals surface area contributed by atoms with Gasteiger partial charge in [0.1, 0.15) is 12.1 Å². The molecule has 0 radical (unpaired) electrons. The molecule has 0 spiro atoms. The lowest BCUT2D eigenvalue weighted by atomic mass is 9.96. The number of carbonyl (C=O) groups is 1. The highest BCUT2D eigenvalue weighted by molar-refractivity contribution is 7.07. The van der Waals surface area contributed by atoms with E-state index < -0.39 is 18.3 Å². The average Bonchev–Trinajstić information content (AvgIpc) is 3.64. The number of hydrogen-bond donors (Lipinski definition) is 1. The van der Waals surface area contributed by atoms with Gasteiger partial charge in [-0.2, -0.15) is 10.3 Å². The van der Waals surface area contributed by atoms with Crippen LogP contribution in [0.4, 0.5) is 18.0 Å². The van der Waals surface area contributed by atoms with Crippen molar-refractivity contribution in [3.8, 4) is 34.6 Å². The normalized spacial score (nSPS) is 12.6. The fourth-order valence-electron chi connectivity index (χ4n) is 5.11. The van der Waals surface area contributed by atoms with Crippen molar-refractivity contribution in [1.29, 1.82) is 5.26 Å². The molecule has 13 heteroatoms. The molecular formula is C33H30F3N7O2S. The van der Waals surface area contributed by atoms with E-state index >= 15 is 0 Å². The fraction of sp³-hybridized carbons (Fsp3) is 0.242. The zero-order chi connectivity index (χ0) is 33.0. The van der Waals surface area contributed by atoms with Gasteiger partial charge in [-0.1, -0.05) is 50.2 Å². The first-order chi connectivity index (χ1) is 21.9. The second-order valence-electron chi connectivity index (χ2n) is 10.8. The van der Waals surface area contributed by atoms with Crippen LogP contribution < -0.4 is 14.9 Å². The number of urea groups is 1. The third-order valence-electron chi connectivity index (χ3n) is 7.21. The monoisotopic (exact) mass is 645 g/mol. The molecule has 0 bridgehead atoms. The predicted molar refractivity (Wildman–Crippen MR) is 168 cm³/mol. The van der Waals surface area contributed by atoms with Gasteiger partial charge in [-0.3, -0.25) is 4.57 Å². The minimum Gasteiger partial charge on any atom is -0.406 e. The second-order valence-corrected chi connectivity index (χ2v) is 11.7. The predicted octanol–water partition coefficient (Wildman–Crippen LogP) is 7.34. The molecule has 5 aromatic rings. The van der Waals surface area contributed by atoms with E-state index in [9.17, 15) is 23.2 Å². The number of ether oxygens (including phenoxy) is 1. The Morgan fingerprint density at radius 1 is 1.09 bits per heavy atom. The molecule has 3 aromatic carbocycles. The van der Waals surface area contributed by atoms with Crippen molar-refractivity contribution in [2.24, 2.45) is 4.99 Å². The number of alkyl halides is 3. The number of aromatic nitrogens is 4. The zero-order valence-corrected chi connectivity index (χ0v) is 26.2. The molecule has 46 heavy (non-hydrogen) atoms. The molecule has 0 fully saturated rings. The van der Waals surface area contributed by atoms with Gasteiger partial charge in [0.25, 0.3) is 0 Å². The van der Waals surface area contributed by atoms with Gasteiger partial charge in [-0.15, -0.1) is 29.6 Å². The highest BCUT2D eigenvalue weighted by Crippen LogP contribution is 2.28. The topological polar surface area (TPSA) is 110 Å². The van der Waals surface area contributed by atoms with E-state index in [1.807, 2.05) is 29.0 Å². The summed E-state index contributed by atoms with van der Waals surface area (Å²) in [5, 5.41) is 19.0. The Morgan fingerprint density at radius 2 is 1.80 bits per heavy atom. The molecule has 0 aliphatic rings. The largest absolute Gasteiger partial charge is 0.573 e. The van der Waals surface area contributed by atoms with Gasteiger partial charge in [-0.05, 0) is 66.8 Å². The maximum atomic E-state index is 12.9. The number of benzene rings is 3. The summed E-state index contributed by atoms with van der Waals surface area (Å²) in [4.78, 5) is 22.1. The molecule has 0 saturated carbocycles. The summed E-state index contributed by atoms with van der Waals surface area (Å²) >= 11 is 1.37. The van der Waals surface area contributed by atoms with Crippen LogP contribution in [0.3, 0.4) is 0 Å². The van der Waals surface area contributed by atoms with Crippen LogP contribution in [0, 0.1) is 25.2 Å². The molecule has 1 atom stereocenters. The third-order valence-corrected chi connectivity index (χ3v) is 8.15. The van der Waals surface area contributed by atoms with Gasteiger partial charge in [-0.25, -0.2) is 14.5 Å². The summed E-state index contributed by atoms with van der Waals surface area (Å²) in [6.45, 7) is 8.38. The average molecular weight is 646 g/mol. The molecule has 2 amide bonds. The summed E-state index contributed by atoms with van der Waals surface area (Å²) in [5.41, 5.74) is 6.17. The standard InChI is InChI=1S/C33H30F3N7O2S/c1-20(2)29-21(3)6-5-7-28(29)43-22(4)18-46-32(43)40-31(44)38-17-25(16-37)23-8-10-24(11-9-23)30-39-19-42(41-30)26-12-14-27(15-13-26)45-33(34,35)36/h5-15,18-20,25H,17H2,1-4H3,(H,38,44)/b40-32-. The lowest BCUT2D eigenvalue weighted by Gasteiger charge is -2.17. The first-order valence-electron chi connectivity index (χ1n) is 14.3. The number of nitrogens with zero attached hydrogens (tertiary/aromatic N) is 6. The van der Waals surface area contributed by atoms with E-state index in [0.29, 0.717) is 27.4 Å². The number of carbonyl (C=O) groups excluding carboxylic acids is 1. The van der Waals surface area contributed by atoms with Crippen LogP contribution in [-0.2, 0) is 0 Å². The molecule has 2 aromatic heterocycles. The van der Waals surface area contributed by atoms with Crippen molar-refractivity contribution in [1.82, 2.24) is 24.6 Å². The number of amides is 2. The lowest BCUT2D eigenvalue weighted by Crippen LogP contribution is -2.28. The van der Waals surface area contributed by atoms with Crippen molar-refractivity contribution < 1.29 is 22.7 Å². The summed E-state index contributed by atoms with van der Waals surface area (Å²) in [6.07, 6.45) is -3.33. The van der Waals surface area contributed by atoms with Crippen molar-refractivity contribution in [3.05, 3.63) is 106 Å². The first-order valence-corrected chi connectivity index (χ1v) is 15.2. The van der Waals surface area contributed by atoms with Crippen LogP contribution in [-0.4, -0.2) is 38.3 Å². The summed E-state index contributed by atoms with van der Waals surface area (Å²) in [7, 11) is 0. The van der Waals surface area contributed by atoms with Crippen LogP contribution in [0.1, 0.15) is 48.1 Å². The van der Waals surface area contributed by atoms with Gasteiger partial charge in [0.05, 0.1) is 23.4 Å². The number of hydrogen-bond acceptors (Lipinski definition) is 6. The number of nitriles is 1. The summed E-state index contributed by atoms with van der Waals surface area (Å²) in [5.74, 6) is -0.299. The number of rotatable bonds is 8. The summed E-state index contributed by atoms with van der Waals surface area (Å²) < 4.78 is 44.6. The highest BCUT2D eigenvalue weighted by Gasteiger charge is 2.31. The van der Waals surface area contributed by atoms with Gasteiger partial charge in [0, 0.05) is 23.2 Å². The number of halogens is 3. The van der Waals surface area contributed by atoms with Crippen LogP contribution in [0.25, 0.3) is 22.8 Å². The molecule has 9 nitrogen and oxygen atoms in total. The Bertz CT molecular complexity index is 1950. The van der Waals surface area contributed by atoms with E-state index in [-0.39, 0.29) is 18.2 Å². The van der Waals surface area contributed by atoms with Crippen molar-refractivity contribution in [2.75, 3.05) is 6.54 Å². The molecule has 2 heterocycles. The number of aryl methyl sites for hydroxylation is 2. The zero-order valence-electron chi connectivity index (χ0n) is 25.4. The Labute approximate surface area is 267 Å². The quantitative estimate of drug-likeness (QED) is 0.190. The summed E-state index contributed by atoms with van der Waals surface area (Å²) in [6, 6.07) is 20.1. The van der Waals surface area contributed by atoms with Crippen molar-refractivity contribution in [3.63, 3.8) is 0 Å². The fourth-order valence-corrected chi connectivity index (χ4v) is 5.98. The van der Waals surface area contributed by atoms with E-state index in [4.69, 9.17) is 0 Å². The van der Waals surface area contributed by atoms with Gasteiger partial charge < -0.3 is 10.1 Å². The minimum atomic E-state index is -4.77. The number of nitrogens with one attached hydrogen (secondary N) is 1. The SMILES string of the molecule is Cc1cccc(-n2c(C)cs/c2=N\C(=O)NCC(C#N)c2ccc(-c3ncn(-c4ccc(OC(F)(F)F)cc4)n3)cc2)c1C(C)C. The van der Waals surface area contributed by atoms with Gasteiger partial charge in [0.15, 0.2) is 10.6 Å². The molecule has 0 aliphatic heterocycles. The maximum Gasteiger partial charge on any atom is 0.573 e. The molecule has 236 valence electrons. The molecule has 5 rings (SSSR count). The number of thiazole rings is 1. The van der Waals surface area contributed by atoms with Crippen molar-refractivity contribution >= 4 is 17.4 Å². The molecule has 0 aliphatic carbocycles. The molecule has 1 N–H and O–H groups in total. The van der Waals surface area contributed by atoms with Crippen LogP contribution in [0.2, 0.25) is 0 Å². The maximum absolute atomic E-state index is 12.9. The van der Waals surface area contributed by atoms with Gasteiger partial charge in [0.2, 0.25) is 0 Å². The van der Waals surface area contributed by atoms with Crippen LogP contribution in [0.15, 0.2) is 83.4 Å². The van der Waals surface area contributed by atoms with E-state index in [2.05, 4.69) is 58.0 Å². The van der Waals surface area contributed by atoms with Crippen LogP contribution in [0.5, 0.6) is 5.75 Å². The highest BCUT2D eigenvalue weighted by atomic mass is 32.1. The third kappa shape index (κ3) is 7.35. The first kappa shape index (κ1) is 32.2. The molecule has 1 unspecified atom stereocenters. The Kier molecular flexibility index (Phi) is 9.39. The van der Waals surface area contributed by atoms with E-state index in [0.717, 1.165) is 11.4 Å². The Balaban J connectivity index is 1.26. The van der Waals surface area contributed by atoms with Crippen molar-refractivity contribution in [2.45, 2.75) is 45.9 Å². The Hall–Kier alpha value is -5.22. The molecular weight excluding hydrogens is 615 g/mol. The molecule has 0 saturated heterocycles. The second kappa shape index (κ2) is 13.4. The van der Waals surface area contributed by atoms with E-state index in [1.165, 1.54) is 57.7 Å². The smallest absolute Gasteiger partial charge is 0.406 e. The van der Waals surface area contributed by atoms with Crippen LogP contribution >= 0.6 is 11.3 Å². The van der Waals surface area contributed by atoms with E-state index in [1.54, 1.807) is 24.3 Å². The minimum absolute atomic E-state index is 0.0607. The van der Waals surface area contributed by atoms with Gasteiger partial charge >= 0.3 is 12.4 Å². The Morgan fingerprint density at radius 3 is 2.46 bits per heavy atom.